The zero-order valence-electron chi connectivity index (χ0n) is 12.0. The van der Waals surface area contributed by atoms with Gasteiger partial charge in [-0.05, 0) is 35.6 Å². The number of carbonyl (C=O) groups is 1. The van der Waals surface area contributed by atoms with Gasteiger partial charge >= 0.3 is 5.97 Å². The van der Waals surface area contributed by atoms with Crippen molar-refractivity contribution < 1.29 is 13.9 Å². The van der Waals surface area contributed by atoms with Gasteiger partial charge in [0.2, 0.25) is 0 Å². The highest BCUT2D eigenvalue weighted by Gasteiger charge is 2.34. The lowest BCUT2D eigenvalue weighted by Gasteiger charge is -2.12. The van der Waals surface area contributed by atoms with Crippen molar-refractivity contribution in [3.8, 4) is 0 Å². The Labute approximate surface area is 127 Å². The fourth-order valence-electron chi connectivity index (χ4n) is 3.17. The SMILES string of the molecule is Cc1c2c(cc3c(F)cccc13)[C@@H](c1ccccc1)OC2=O. The van der Waals surface area contributed by atoms with E-state index in [-0.39, 0.29) is 11.8 Å². The third-order valence-corrected chi connectivity index (χ3v) is 4.23. The van der Waals surface area contributed by atoms with Crippen molar-refractivity contribution in [2.45, 2.75) is 13.0 Å². The van der Waals surface area contributed by atoms with Crippen LogP contribution in [0.1, 0.15) is 33.2 Å². The molecule has 22 heavy (non-hydrogen) atoms. The second-order valence-electron chi connectivity index (χ2n) is 5.50. The third kappa shape index (κ3) is 1.75. The summed E-state index contributed by atoms with van der Waals surface area (Å²) in [5.74, 6) is -0.623. The molecule has 0 N–H and O–H groups in total. The first-order chi connectivity index (χ1) is 10.7. The predicted octanol–water partition coefficient (Wildman–Crippen LogP) is 4.55. The van der Waals surface area contributed by atoms with E-state index in [1.807, 2.05) is 43.3 Å². The minimum atomic E-state index is -0.466. The fraction of sp³-hybridized carbons (Fsp3) is 0.105. The molecule has 4 rings (SSSR count). The van der Waals surface area contributed by atoms with E-state index in [0.29, 0.717) is 10.9 Å². The Bertz CT molecular complexity index is 900. The van der Waals surface area contributed by atoms with Crippen molar-refractivity contribution in [2.75, 3.05) is 0 Å². The van der Waals surface area contributed by atoms with Crippen LogP contribution in [0, 0.1) is 12.7 Å². The van der Waals surface area contributed by atoms with Crippen molar-refractivity contribution in [3.63, 3.8) is 0 Å². The van der Waals surface area contributed by atoms with Crippen LogP contribution < -0.4 is 0 Å². The number of rotatable bonds is 1. The van der Waals surface area contributed by atoms with E-state index in [4.69, 9.17) is 4.74 Å². The summed E-state index contributed by atoms with van der Waals surface area (Å²) in [6.45, 7) is 1.84. The average molecular weight is 292 g/mol. The molecule has 1 aliphatic heterocycles. The average Bonchev–Trinajstić information content (AvgIpc) is 2.87. The van der Waals surface area contributed by atoms with Crippen LogP contribution in [0.25, 0.3) is 10.8 Å². The lowest BCUT2D eigenvalue weighted by Crippen LogP contribution is -2.00. The van der Waals surface area contributed by atoms with Crippen LogP contribution in [0.4, 0.5) is 4.39 Å². The molecular formula is C19H13FO2. The molecule has 3 aromatic carbocycles. The lowest BCUT2D eigenvalue weighted by atomic mass is 9.91. The molecule has 0 saturated carbocycles. The first-order valence-corrected chi connectivity index (χ1v) is 7.14. The van der Waals surface area contributed by atoms with E-state index in [1.165, 1.54) is 6.07 Å². The Morgan fingerprint density at radius 3 is 2.55 bits per heavy atom. The van der Waals surface area contributed by atoms with Crippen LogP contribution in [-0.4, -0.2) is 5.97 Å². The van der Waals surface area contributed by atoms with Crippen molar-refractivity contribution in [1.82, 2.24) is 0 Å². The minimum Gasteiger partial charge on any atom is -0.449 e. The smallest absolute Gasteiger partial charge is 0.339 e. The molecule has 2 nitrogen and oxygen atoms in total. The summed E-state index contributed by atoms with van der Waals surface area (Å²) in [4.78, 5) is 12.3. The van der Waals surface area contributed by atoms with Gasteiger partial charge in [-0.15, -0.1) is 0 Å². The number of halogens is 1. The molecule has 0 spiro atoms. The van der Waals surface area contributed by atoms with E-state index in [0.717, 1.165) is 22.1 Å². The number of benzene rings is 3. The molecule has 3 aromatic rings. The molecule has 0 amide bonds. The topological polar surface area (TPSA) is 26.3 Å². The molecule has 0 fully saturated rings. The monoisotopic (exact) mass is 292 g/mol. The quantitative estimate of drug-likeness (QED) is 0.615. The van der Waals surface area contributed by atoms with Gasteiger partial charge in [0.25, 0.3) is 0 Å². The number of ether oxygens (including phenoxy) is 1. The molecule has 1 heterocycles. The summed E-state index contributed by atoms with van der Waals surface area (Å²) in [5, 5.41) is 1.28. The summed E-state index contributed by atoms with van der Waals surface area (Å²) in [5.41, 5.74) is 2.97. The fourth-order valence-corrected chi connectivity index (χ4v) is 3.17. The van der Waals surface area contributed by atoms with Crippen molar-refractivity contribution >= 4 is 16.7 Å². The van der Waals surface area contributed by atoms with E-state index in [9.17, 15) is 9.18 Å². The van der Waals surface area contributed by atoms with Gasteiger partial charge < -0.3 is 4.74 Å². The normalized spacial score (nSPS) is 16.6. The highest BCUT2D eigenvalue weighted by Crippen LogP contribution is 2.40. The number of fused-ring (bicyclic) bond motifs is 2. The first-order valence-electron chi connectivity index (χ1n) is 7.14. The van der Waals surface area contributed by atoms with Crippen LogP contribution in [0.5, 0.6) is 0 Å². The molecule has 3 heteroatoms. The van der Waals surface area contributed by atoms with Gasteiger partial charge in [-0.3, -0.25) is 0 Å². The Kier molecular flexibility index (Phi) is 2.76. The van der Waals surface area contributed by atoms with Crippen LogP contribution >= 0.6 is 0 Å². The Morgan fingerprint density at radius 1 is 1.00 bits per heavy atom. The van der Waals surface area contributed by atoms with E-state index in [2.05, 4.69) is 0 Å². The standard InChI is InChI=1S/C19H13FO2/c1-11-13-8-5-9-16(20)14(13)10-15-17(11)19(21)22-18(15)12-6-3-2-4-7-12/h2-10,18H,1H3/t18-/m1/s1. The van der Waals surface area contributed by atoms with Crippen LogP contribution in [0.3, 0.4) is 0 Å². The molecule has 1 aliphatic rings. The highest BCUT2D eigenvalue weighted by atomic mass is 19.1. The maximum Gasteiger partial charge on any atom is 0.339 e. The van der Waals surface area contributed by atoms with Crippen molar-refractivity contribution in [2.24, 2.45) is 0 Å². The molecule has 0 bridgehead atoms. The molecule has 0 unspecified atom stereocenters. The van der Waals surface area contributed by atoms with Crippen molar-refractivity contribution in [1.29, 1.82) is 0 Å². The van der Waals surface area contributed by atoms with Crippen LogP contribution in [0.15, 0.2) is 54.6 Å². The minimum absolute atomic E-state index is 0.283. The molecule has 108 valence electrons. The highest BCUT2D eigenvalue weighted by molar-refractivity contribution is 6.03. The number of hydrogen-bond acceptors (Lipinski definition) is 2. The lowest BCUT2D eigenvalue weighted by molar-refractivity contribution is 0.0455. The summed E-state index contributed by atoms with van der Waals surface area (Å²) >= 11 is 0. The Hall–Kier alpha value is -2.68. The van der Waals surface area contributed by atoms with Crippen molar-refractivity contribution in [3.05, 3.63) is 82.7 Å². The molecule has 0 radical (unpaired) electrons. The van der Waals surface area contributed by atoms with Crippen LogP contribution in [0.2, 0.25) is 0 Å². The van der Waals surface area contributed by atoms with E-state index < -0.39 is 6.10 Å². The van der Waals surface area contributed by atoms with Gasteiger partial charge in [-0.2, -0.15) is 0 Å². The summed E-state index contributed by atoms with van der Waals surface area (Å²) in [6.07, 6.45) is -0.466. The van der Waals surface area contributed by atoms with Crippen LogP contribution in [-0.2, 0) is 4.74 Å². The summed E-state index contributed by atoms with van der Waals surface area (Å²) in [6, 6.07) is 16.2. The second kappa shape index (κ2) is 4.67. The Balaban J connectivity index is 2.02. The number of hydrogen-bond donors (Lipinski definition) is 0. The summed E-state index contributed by atoms with van der Waals surface area (Å²) < 4.78 is 19.7. The number of aryl methyl sites for hydroxylation is 1. The Morgan fingerprint density at radius 2 is 1.77 bits per heavy atom. The third-order valence-electron chi connectivity index (χ3n) is 4.23. The summed E-state index contributed by atoms with van der Waals surface area (Å²) in [7, 11) is 0. The predicted molar refractivity (Wildman–Crippen MR) is 82.3 cm³/mol. The van der Waals surface area contributed by atoms with Gasteiger partial charge in [0.05, 0.1) is 5.56 Å². The molecule has 1 atom stereocenters. The molecule has 0 aromatic heterocycles. The van der Waals surface area contributed by atoms with Gasteiger partial charge in [-0.25, -0.2) is 9.18 Å². The largest absolute Gasteiger partial charge is 0.449 e. The van der Waals surface area contributed by atoms with Gasteiger partial charge in [-0.1, -0.05) is 42.5 Å². The molecule has 0 aliphatic carbocycles. The number of cyclic esters (lactones) is 1. The molecular weight excluding hydrogens is 279 g/mol. The zero-order valence-corrected chi connectivity index (χ0v) is 12.0. The van der Waals surface area contributed by atoms with Gasteiger partial charge in [0.1, 0.15) is 5.82 Å². The maximum absolute atomic E-state index is 14.1. The number of carbonyl (C=O) groups excluding carboxylic acids is 1. The first kappa shape index (κ1) is 13.0. The zero-order chi connectivity index (χ0) is 15.3. The van der Waals surface area contributed by atoms with E-state index in [1.54, 1.807) is 12.1 Å². The van der Waals surface area contributed by atoms with Gasteiger partial charge in [0, 0.05) is 10.9 Å². The van der Waals surface area contributed by atoms with Gasteiger partial charge in [0.15, 0.2) is 6.10 Å². The number of esters is 1. The van der Waals surface area contributed by atoms with E-state index >= 15 is 0 Å². The maximum atomic E-state index is 14.1. The second-order valence-corrected chi connectivity index (χ2v) is 5.50. The molecule has 0 saturated heterocycles.